The van der Waals surface area contributed by atoms with E-state index in [2.05, 4.69) is 31.2 Å². The fourth-order valence-corrected chi connectivity index (χ4v) is 2.04. The van der Waals surface area contributed by atoms with E-state index in [1.807, 2.05) is 6.92 Å². The molecule has 0 aliphatic carbocycles. The second-order valence-corrected chi connectivity index (χ2v) is 4.33. The molecule has 1 N–H and O–H groups in total. The van der Waals surface area contributed by atoms with E-state index in [4.69, 9.17) is 0 Å². The minimum atomic E-state index is -0.104. The van der Waals surface area contributed by atoms with Crippen LogP contribution in [0, 0.1) is 6.92 Å². The second kappa shape index (κ2) is 3.86. The van der Waals surface area contributed by atoms with Crippen LogP contribution in [0.4, 0.5) is 5.95 Å². The fraction of sp³-hybridized carbons (Fsp3) is 0.300. The van der Waals surface area contributed by atoms with Crippen molar-refractivity contribution in [3.05, 3.63) is 26.6 Å². The number of hydrogen-bond acceptors (Lipinski definition) is 4. The first-order chi connectivity index (χ1) is 7.54. The number of anilines is 1. The Kier molecular flexibility index (Phi) is 2.67. The lowest BCUT2D eigenvalue weighted by Crippen LogP contribution is -2.19. The molecule has 2 rings (SSSR count). The highest BCUT2D eigenvalue weighted by molar-refractivity contribution is 9.10. The number of halogens is 1. The van der Waals surface area contributed by atoms with Crippen molar-refractivity contribution < 1.29 is 0 Å². The van der Waals surface area contributed by atoms with E-state index in [1.54, 1.807) is 20.2 Å². The quantitative estimate of drug-likeness (QED) is 0.860. The molecule has 0 aromatic carbocycles. The van der Waals surface area contributed by atoms with Gasteiger partial charge in [-0.1, -0.05) is 0 Å². The molecule has 0 unspecified atom stereocenters. The smallest absolute Gasteiger partial charge is 0.266 e. The lowest BCUT2D eigenvalue weighted by Gasteiger charge is -2.08. The van der Waals surface area contributed by atoms with Crippen LogP contribution in [0.2, 0.25) is 0 Å². The zero-order valence-electron chi connectivity index (χ0n) is 9.21. The molecule has 0 amide bonds. The highest BCUT2D eigenvalue weighted by Gasteiger charge is 2.09. The predicted octanol–water partition coefficient (Wildman–Crippen LogP) is 1.44. The minimum absolute atomic E-state index is 0.104. The first-order valence-electron chi connectivity index (χ1n) is 4.76. The molecule has 0 spiro atoms. The summed E-state index contributed by atoms with van der Waals surface area (Å²) in [6.45, 7) is 1.89. The van der Waals surface area contributed by atoms with Gasteiger partial charge in [0.05, 0.1) is 10.2 Å². The third kappa shape index (κ3) is 1.59. The Morgan fingerprint density at radius 2 is 2.12 bits per heavy atom. The maximum atomic E-state index is 11.7. The van der Waals surface area contributed by atoms with Gasteiger partial charge in [0.1, 0.15) is 5.65 Å². The number of aromatic nitrogens is 3. The van der Waals surface area contributed by atoms with Gasteiger partial charge in [0, 0.05) is 19.5 Å². The van der Waals surface area contributed by atoms with Crippen molar-refractivity contribution in [3.63, 3.8) is 0 Å². The van der Waals surface area contributed by atoms with Crippen molar-refractivity contribution in [2.24, 2.45) is 7.05 Å². The van der Waals surface area contributed by atoms with Crippen LogP contribution < -0.4 is 10.9 Å². The van der Waals surface area contributed by atoms with Gasteiger partial charge in [-0.25, -0.2) is 4.98 Å². The van der Waals surface area contributed by atoms with E-state index in [-0.39, 0.29) is 5.56 Å². The number of nitrogens with one attached hydrogen (secondary N) is 1. The van der Waals surface area contributed by atoms with Crippen LogP contribution in [0.5, 0.6) is 0 Å². The van der Waals surface area contributed by atoms with Crippen molar-refractivity contribution in [1.29, 1.82) is 0 Å². The summed E-state index contributed by atoms with van der Waals surface area (Å²) in [5.74, 6) is 0.516. The summed E-state index contributed by atoms with van der Waals surface area (Å²) in [6, 6.07) is 1.76. The van der Waals surface area contributed by atoms with Gasteiger partial charge in [-0.3, -0.25) is 9.36 Å². The molecule has 0 saturated heterocycles. The van der Waals surface area contributed by atoms with Crippen molar-refractivity contribution in [3.8, 4) is 0 Å². The molecule has 0 radical (unpaired) electrons. The molecule has 2 aromatic heterocycles. The molecule has 0 aliphatic rings. The molecular weight excluding hydrogens is 272 g/mol. The molecule has 0 atom stereocenters. The van der Waals surface area contributed by atoms with Gasteiger partial charge in [0.15, 0.2) is 0 Å². The van der Waals surface area contributed by atoms with Gasteiger partial charge in [-0.2, -0.15) is 4.98 Å². The van der Waals surface area contributed by atoms with Gasteiger partial charge in [-0.15, -0.1) is 0 Å². The number of pyridine rings is 1. The average Bonchev–Trinajstić information content (AvgIpc) is 2.27. The van der Waals surface area contributed by atoms with Crippen LogP contribution >= 0.6 is 15.9 Å². The van der Waals surface area contributed by atoms with Gasteiger partial charge in [0.25, 0.3) is 5.56 Å². The van der Waals surface area contributed by atoms with Crippen LogP contribution in [0.1, 0.15) is 5.69 Å². The molecule has 2 aromatic rings. The Hall–Kier alpha value is -1.43. The summed E-state index contributed by atoms with van der Waals surface area (Å²) < 4.78 is 2.03. The molecule has 0 bridgehead atoms. The zero-order chi connectivity index (χ0) is 11.9. The maximum Gasteiger partial charge on any atom is 0.266 e. The Morgan fingerprint density at radius 1 is 1.44 bits per heavy atom. The standard InChI is InChI=1S/C10H11BrN4O/c1-5-6-4-7(11)9(16)15(3)8(6)14-10(12-2)13-5/h4H,1-3H3,(H,12,13,14). The average molecular weight is 283 g/mol. The normalized spacial score (nSPS) is 10.8. The van der Waals surface area contributed by atoms with Crippen molar-refractivity contribution in [1.82, 2.24) is 14.5 Å². The summed E-state index contributed by atoms with van der Waals surface area (Å²) in [4.78, 5) is 20.3. The molecule has 84 valence electrons. The Bertz CT molecular complexity index is 620. The van der Waals surface area contributed by atoms with Crippen LogP contribution in [0.3, 0.4) is 0 Å². The largest absolute Gasteiger partial charge is 0.357 e. The van der Waals surface area contributed by atoms with Crippen LogP contribution in [-0.4, -0.2) is 21.6 Å². The van der Waals surface area contributed by atoms with Crippen LogP contribution in [0.25, 0.3) is 11.0 Å². The van der Waals surface area contributed by atoms with Crippen LogP contribution in [-0.2, 0) is 7.05 Å². The summed E-state index contributed by atoms with van der Waals surface area (Å²) in [6.07, 6.45) is 0. The van der Waals surface area contributed by atoms with E-state index in [1.165, 1.54) is 4.57 Å². The summed E-state index contributed by atoms with van der Waals surface area (Å²) in [7, 11) is 3.44. The molecule has 16 heavy (non-hydrogen) atoms. The van der Waals surface area contributed by atoms with Gasteiger partial charge in [0.2, 0.25) is 5.95 Å². The highest BCUT2D eigenvalue weighted by Crippen LogP contribution is 2.18. The van der Waals surface area contributed by atoms with E-state index < -0.39 is 0 Å². The number of hydrogen-bond donors (Lipinski definition) is 1. The SMILES string of the molecule is CNc1nc(C)c2cc(Br)c(=O)n(C)c2n1. The Labute approximate surface area is 101 Å². The number of rotatable bonds is 1. The molecule has 0 saturated carbocycles. The molecule has 5 nitrogen and oxygen atoms in total. The second-order valence-electron chi connectivity index (χ2n) is 3.48. The van der Waals surface area contributed by atoms with Crippen molar-refractivity contribution in [2.75, 3.05) is 12.4 Å². The van der Waals surface area contributed by atoms with E-state index >= 15 is 0 Å². The van der Waals surface area contributed by atoms with Gasteiger partial charge in [-0.05, 0) is 28.9 Å². The first kappa shape index (κ1) is 11.1. The molecule has 6 heteroatoms. The topological polar surface area (TPSA) is 59.8 Å². The third-order valence-electron chi connectivity index (χ3n) is 2.44. The van der Waals surface area contributed by atoms with Crippen molar-refractivity contribution >= 4 is 32.9 Å². The predicted molar refractivity (Wildman–Crippen MR) is 66.8 cm³/mol. The maximum absolute atomic E-state index is 11.7. The molecule has 0 fully saturated rings. The van der Waals surface area contributed by atoms with E-state index in [0.29, 0.717) is 16.1 Å². The molecule has 2 heterocycles. The third-order valence-corrected chi connectivity index (χ3v) is 3.01. The van der Waals surface area contributed by atoms with Gasteiger partial charge >= 0.3 is 0 Å². The summed E-state index contributed by atoms with van der Waals surface area (Å²) in [5.41, 5.74) is 1.36. The van der Waals surface area contributed by atoms with Gasteiger partial charge < -0.3 is 5.32 Å². The Morgan fingerprint density at radius 3 is 2.75 bits per heavy atom. The zero-order valence-corrected chi connectivity index (χ0v) is 10.8. The van der Waals surface area contributed by atoms with Crippen molar-refractivity contribution in [2.45, 2.75) is 6.92 Å². The number of nitrogens with zero attached hydrogens (tertiary/aromatic N) is 3. The number of fused-ring (bicyclic) bond motifs is 1. The molecule has 0 aliphatic heterocycles. The fourth-order valence-electron chi connectivity index (χ4n) is 1.55. The molecular formula is C10H11BrN4O. The lowest BCUT2D eigenvalue weighted by atomic mass is 10.2. The minimum Gasteiger partial charge on any atom is -0.357 e. The highest BCUT2D eigenvalue weighted by atomic mass is 79.9. The number of aryl methyl sites for hydroxylation is 2. The lowest BCUT2D eigenvalue weighted by molar-refractivity contribution is 0.875. The monoisotopic (exact) mass is 282 g/mol. The summed E-state index contributed by atoms with van der Waals surface area (Å²) >= 11 is 3.23. The Balaban J connectivity index is 2.96. The first-order valence-corrected chi connectivity index (χ1v) is 5.55. The van der Waals surface area contributed by atoms with E-state index in [0.717, 1.165) is 11.1 Å². The van der Waals surface area contributed by atoms with E-state index in [9.17, 15) is 4.79 Å². The van der Waals surface area contributed by atoms with Crippen LogP contribution in [0.15, 0.2) is 15.3 Å². The summed E-state index contributed by atoms with van der Waals surface area (Å²) in [5, 5.41) is 3.74.